The summed E-state index contributed by atoms with van der Waals surface area (Å²) in [7, 11) is 7.21. The van der Waals surface area contributed by atoms with Crippen LogP contribution in [0, 0.1) is 6.92 Å². The van der Waals surface area contributed by atoms with Crippen molar-refractivity contribution in [3.8, 4) is 34.3 Å². The molecule has 0 saturated heterocycles. The van der Waals surface area contributed by atoms with Gasteiger partial charge in [-0.3, -0.25) is 14.3 Å². The highest BCUT2D eigenvalue weighted by Crippen LogP contribution is 2.44. The number of carbonyl (C=O) groups excluding carboxylic acids is 1. The molecule has 1 aromatic carbocycles. The molecule has 3 heterocycles. The SMILES string of the molecule is COC(=O)c1c(-c2cc(OC)c(OC)c(OC)c2)c2ccnc(OC)c2c(=O)n1Cc1ccnc(C)c1. The van der Waals surface area contributed by atoms with E-state index in [1.165, 1.54) is 46.3 Å². The number of fused-ring (bicyclic) bond motifs is 1. The van der Waals surface area contributed by atoms with Gasteiger partial charge in [-0.05, 0) is 48.4 Å². The van der Waals surface area contributed by atoms with Crippen molar-refractivity contribution in [1.82, 2.24) is 14.5 Å². The predicted molar refractivity (Wildman–Crippen MR) is 137 cm³/mol. The van der Waals surface area contributed by atoms with Crippen LogP contribution in [-0.2, 0) is 11.3 Å². The summed E-state index contributed by atoms with van der Waals surface area (Å²) in [5, 5.41) is 0.667. The molecular formula is C27H27N3O7. The topological polar surface area (TPSA) is 111 Å². The number of pyridine rings is 3. The molecule has 0 aliphatic heterocycles. The fraction of sp³-hybridized carbons (Fsp3) is 0.259. The van der Waals surface area contributed by atoms with Crippen molar-refractivity contribution < 1.29 is 28.5 Å². The molecular weight excluding hydrogens is 478 g/mol. The van der Waals surface area contributed by atoms with Gasteiger partial charge in [0.05, 0.1) is 42.1 Å². The van der Waals surface area contributed by atoms with Gasteiger partial charge in [0.25, 0.3) is 5.56 Å². The summed E-state index contributed by atoms with van der Waals surface area (Å²) in [4.78, 5) is 35.7. The number of ether oxygens (including phenoxy) is 5. The summed E-state index contributed by atoms with van der Waals surface area (Å²) < 4.78 is 28.6. The third-order valence-corrected chi connectivity index (χ3v) is 5.98. The van der Waals surface area contributed by atoms with Gasteiger partial charge in [0.15, 0.2) is 11.5 Å². The summed E-state index contributed by atoms with van der Waals surface area (Å²) in [5.41, 5.74) is 2.11. The molecule has 0 N–H and O–H groups in total. The zero-order valence-electron chi connectivity index (χ0n) is 21.4. The lowest BCUT2D eigenvalue weighted by atomic mass is 9.96. The molecule has 0 aliphatic carbocycles. The van der Waals surface area contributed by atoms with Crippen molar-refractivity contribution in [2.45, 2.75) is 13.5 Å². The van der Waals surface area contributed by atoms with E-state index in [1.807, 2.05) is 13.0 Å². The molecule has 0 fully saturated rings. The number of carbonyl (C=O) groups is 1. The van der Waals surface area contributed by atoms with Gasteiger partial charge in [-0.1, -0.05) is 0 Å². The second-order valence-electron chi connectivity index (χ2n) is 8.07. The van der Waals surface area contributed by atoms with Crippen LogP contribution in [0.5, 0.6) is 23.1 Å². The van der Waals surface area contributed by atoms with Crippen LogP contribution in [0.4, 0.5) is 0 Å². The van der Waals surface area contributed by atoms with Crippen molar-refractivity contribution in [2.24, 2.45) is 0 Å². The molecule has 37 heavy (non-hydrogen) atoms. The zero-order valence-corrected chi connectivity index (χ0v) is 21.4. The molecule has 10 heteroatoms. The first-order valence-electron chi connectivity index (χ1n) is 11.3. The zero-order chi connectivity index (χ0) is 26.7. The fourth-order valence-corrected chi connectivity index (χ4v) is 4.37. The number of nitrogens with zero attached hydrogens (tertiary/aromatic N) is 3. The molecule has 0 saturated carbocycles. The van der Waals surface area contributed by atoms with Crippen molar-refractivity contribution in [3.05, 3.63) is 70.0 Å². The molecule has 0 aliphatic rings. The first-order valence-corrected chi connectivity index (χ1v) is 11.3. The first kappa shape index (κ1) is 25.5. The van der Waals surface area contributed by atoms with Crippen molar-refractivity contribution in [1.29, 1.82) is 0 Å². The number of benzene rings is 1. The third kappa shape index (κ3) is 4.53. The van der Waals surface area contributed by atoms with Gasteiger partial charge in [0, 0.05) is 29.0 Å². The van der Waals surface area contributed by atoms with E-state index < -0.39 is 11.5 Å². The lowest BCUT2D eigenvalue weighted by Gasteiger charge is -2.21. The van der Waals surface area contributed by atoms with Gasteiger partial charge in [0.2, 0.25) is 11.6 Å². The maximum atomic E-state index is 13.9. The number of hydrogen-bond donors (Lipinski definition) is 0. The lowest BCUT2D eigenvalue weighted by molar-refractivity contribution is 0.0588. The van der Waals surface area contributed by atoms with Gasteiger partial charge in [-0.15, -0.1) is 0 Å². The van der Waals surface area contributed by atoms with Gasteiger partial charge in [-0.2, -0.15) is 0 Å². The summed E-state index contributed by atoms with van der Waals surface area (Å²) in [6, 6.07) is 8.70. The van der Waals surface area contributed by atoms with Crippen LogP contribution >= 0.6 is 0 Å². The number of rotatable bonds is 8. The summed E-state index contributed by atoms with van der Waals surface area (Å²) in [6.07, 6.45) is 3.16. The monoisotopic (exact) mass is 505 g/mol. The van der Waals surface area contributed by atoms with E-state index in [0.29, 0.717) is 33.8 Å². The van der Waals surface area contributed by atoms with Gasteiger partial charge >= 0.3 is 5.97 Å². The Bertz CT molecular complexity index is 1520. The predicted octanol–water partition coefficient (Wildman–Crippen LogP) is 3.64. The van der Waals surface area contributed by atoms with Crippen LogP contribution < -0.4 is 24.5 Å². The Balaban J connectivity index is 2.20. The number of methoxy groups -OCH3 is 5. The van der Waals surface area contributed by atoms with Gasteiger partial charge in [0.1, 0.15) is 11.1 Å². The Morgan fingerprint density at radius 1 is 0.892 bits per heavy atom. The van der Waals surface area contributed by atoms with E-state index in [2.05, 4.69) is 9.97 Å². The third-order valence-electron chi connectivity index (χ3n) is 5.98. The fourth-order valence-electron chi connectivity index (χ4n) is 4.37. The Kier molecular flexibility index (Phi) is 7.28. The normalized spacial score (nSPS) is 10.8. The molecule has 192 valence electrons. The van der Waals surface area contributed by atoms with Crippen LogP contribution in [0.3, 0.4) is 0 Å². The van der Waals surface area contributed by atoms with Crippen LogP contribution in [-0.4, -0.2) is 56.1 Å². The Morgan fingerprint density at radius 3 is 2.14 bits per heavy atom. The Morgan fingerprint density at radius 2 is 1.57 bits per heavy atom. The van der Waals surface area contributed by atoms with Gasteiger partial charge in [-0.25, -0.2) is 9.78 Å². The molecule has 0 unspecified atom stereocenters. The van der Waals surface area contributed by atoms with E-state index in [-0.39, 0.29) is 23.5 Å². The standard InChI is InChI=1S/C27H27N3O7/c1-15-11-16(7-9-28-15)14-30-23(27(32)37-6)21(18-8-10-29-25(36-5)22(18)26(30)31)17-12-19(33-2)24(35-4)20(13-17)34-3/h7-13H,14H2,1-6H3. The maximum Gasteiger partial charge on any atom is 0.355 e. The first-order chi connectivity index (χ1) is 17.9. The van der Waals surface area contributed by atoms with Gasteiger partial charge < -0.3 is 23.7 Å². The van der Waals surface area contributed by atoms with Crippen LogP contribution in [0.1, 0.15) is 21.7 Å². The number of hydrogen-bond acceptors (Lipinski definition) is 9. The quantitative estimate of drug-likeness (QED) is 0.331. The number of aromatic nitrogens is 3. The smallest absolute Gasteiger partial charge is 0.355 e. The van der Waals surface area contributed by atoms with E-state index in [9.17, 15) is 9.59 Å². The molecule has 4 aromatic rings. The van der Waals surface area contributed by atoms with E-state index in [0.717, 1.165) is 11.3 Å². The molecule has 0 atom stereocenters. The minimum Gasteiger partial charge on any atom is -0.493 e. The number of aryl methyl sites for hydroxylation is 1. The maximum absolute atomic E-state index is 13.9. The van der Waals surface area contributed by atoms with E-state index in [4.69, 9.17) is 23.7 Å². The Hall–Kier alpha value is -4.60. The van der Waals surface area contributed by atoms with Crippen molar-refractivity contribution in [3.63, 3.8) is 0 Å². The lowest BCUT2D eigenvalue weighted by Crippen LogP contribution is -2.29. The van der Waals surface area contributed by atoms with Crippen LogP contribution in [0.2, 0.25) is 0 Å². The summed E-state index contributed by atoms with van der Waals surface area (Å²) in [5.74, 6) is 0.586. The largest absolute Gasteiger partial charge is 0.493 e. The van der Waals surface area contributed by atoms with Crippen LogP contribution in [0.25, 0.3) is 21.9 Å². The molecule has 0 radical (unpaired) electrons. The average Bonchev–Trinajstić information content (AvgIpc) is 2.92. The highest BCUT2D eigenvalue weighted by molar-refractivity contribution is 6.08. The molecule has 0 spiro atoms. The molecule has 10 nitrogen and oxygen atoms in total. The summed E-state index contributed by atoms with van der Waals surface area (Å²) >= 11 is 0. The summed E-state index contributed by atoms with van der Waals surface area (Å²) in [6.45, 7) is 1.93. The molecule has 0 bridgehead atoms. The molecule has 3 aromatic heterocycles. The highest BCUT2D eigenvalue weighted by atomic mass is 16.5. The average molecular weight is 506 g/mol. The second-order valence-corrected chi connectivity index (χ2v) is 8.07. The highest BCUT2D eigenvalue weighted by Gasteiger charge is 2.28. The minimum absolute atomic E-state index is 0.0528. The minimum atomic E-state index is -0.690. The Labute approximate surface area is 213 Å². The van der Waals surface area contributed by atoms with Crippen LogP contribution in [0.15, 0.2) is 47.5 Å². The van der Waals surface area contributed by atoms with Crippen molar-refractivity contribution >= 4 is 16.7 Å². The van der Waals surface area contributed by atoms with E-state index in [1.54, 1.807) is 30.5 Å². The number of esters is 1. The second kappa shape index (κ2) is 10.6. The van der Waals surface area contributed by atoms with E-state index >= 15 is 0 Å². The van der Waals surface area contributed by atoms with Crippen molar-refractivity contribution in [2.75, 3.05) is 35.5 Å². The molecule has 4 rings (SSSR count). The molecule has 0 amide bonds.